The predicted molar refractivity (Wildman–Crippen MR) is 109 cm³/mol. The van der Waals surface area contributed by atoms with Crippen molar-refractivity contribution in [1.29, 1.82) is 5.26 Å². The average Bonchev–Trinajstić information content (AvgIpc) is 3.09. The maximum absolute atomic E-state index is 13.1. The minimum Gasteiger partial charge on any atom is -0.353 e. The molecule has 3 rings (SSSR count). The number of anilines is 1. The Morgan fingerprint density at radius 2 is 1.89 bits per heavy atom. The van der Waals surface area contributed by atoms with Gasteiger partial charge in [0.25, 0.3) is 5.56 Å². The van der Waals surface area contributed by atoms with Crippen LogP contribution in [-0.2, 0) is 7.05 Å². The Balaban J connectivity index is 2.22. The molecule has 3 aromatic rings. The quantitative estimate of drug-likeness (QED) is 0.724. The number of fused-ring (bicyclic) bond motifs is 1. The number of pyridine rings is 1. The first kappa shape index (κ1) is 18.7. The number of nitrogens with one attached hydrogen (secondary N) is 1. The van der Waals surface area contributed by atoms with E-state index in [0.29, 0.717) is 11.1 Å². The lowest BCUT2D eigenvalue weighted by molar-refractivity contribution is 0.731. The van der Waals surface area contributed by atoms with Crippen molar-refractivity contribution in [3.63, 3.8) is 0 Å². The smallest absolute Gasteiger partial charge is 0.258 e. The molecule has 6 nitrogen and oxygen atoms in total. The van der Waals surface area contributed by atoms with Gasteiger partial charge in [-0.15, -0.1) is 0 Å². The molecule has 2 aromatic heterocycles. The van der Waals surface area contributed by atoms with Gasteiger partial charge < -0.3 is 9.47 Å². The lowest BCUT2D eigenvalue weighted by Gasteiger charge is -2.21. The minimum atomic E-state index is -0.0868. The third kappa shape index (κ3) is 3.33. The van der Waals surface area contributed by atoms with Crippen molar-refractivity contribution in [2.24, 2.45) is 7.05 Å². The number of aromatic nitrogens is 3. The normalized spacial score (nSPS) is 10.9. The Kier molecular flexibility index (Phi) is 5.31. The summed E-state index contributed by atoms with van der Waals surface area (Å²) >= 11 is 0. The molecule has 0 aliphatic carbocycles. The first-order chi connectivity index (χ1) is 13.0. The second-order valence-electron chi connectivity index (χ2n) is 6.86. The van der Waals surface area contributed by atoms with Crippen LogP contribution in [0, 0.1) is 18.3 Å². The van der Waals surface area contributed by atoms with Gasteiger partial charge in [0.1, 0.15) is 5.52 Å². The van der Waals surface area contributed by atoms with Gasteiger partial charge >= 0.3 is 0 Å². The van der Waals surface area contributed by atoms with Crippen LogP contribution in [0.2, 0.25) is 0 Å². The number of rotatable bonds is 6. The van der Waals surface area contributed by atoms with E-state index in [2.05, 4.69) is 35.0 Å². The summed E-state index contributed by atoms with van der Waals surface area (Å²) in [6.45, 7) is 8.02. The molecule has 6 heteroatoms. The number of nitriles is 1. The molecular weight excluding hydrogens is 338 g/mol. The molecule has 0 fully saturated rings. The van der Waals surface area contributed by atoms with Crippen molar-refractivity contribution in [2.45, 2.75) is 33.6 Å². The van der Waals surface area contributed by atoms with Gasteiger partial charge in [-0.05, 0) is 49.1 Å². The third-order valence-electron chi connectivity index (χ3n) is 4.85. The van der Waals surface area contributed by atoms with Gasteiger partial charge in [0.15, 0.2) is 5.82 Å². The molecule has 1 N–H and O–H groups in total. The lowest BCUT2D eigenvalue weighted by atomic mass is 9.99. The largest absolute Gasteiger partial charge is 0.353 e. The van der Waals surface area contributed by atoms with Crippen molar-refractivity contribution in [1.82, 2.24) is 14.8 Å². The molecule has 140 valence electrons. The monoisotopic (exact) mass is 363 g/mol. The Morgan fingerprint density at radius 3 is 2.52 bits per heavy atom. The molecule has 0 saturated heterocycles. The van der Waals surface area contributed by atoms with E-state index < -0.39 is 0 Å². The molecule has 2 heterocycles. The number of benzene rings is 1. The molecule has 1 aromatic carbocycles. The minimum absolute atomic E-state index is 0.0868. The fourth-order valence-corrected chi connectivity index (χ4v) is 3.52. The van der Waals surface area contributed by atoms with E-state index >= 15 is 0 Å². The maximum Gasteiger partial charge on any atom is 0.258 e. The Labute approximate surface area is 159 Å². The second kappa shape index (κ2) is 7.67. The SMILES string of the molecule is CCCN(CCC)c1n[nH]c2cc(-c3cc(C#N)ccc3C)c(=O)n(C)c12. The molecular formula is C21H25N5O. The number of aryl methyl sites for hydroxylation is 2. The zero-order valence-corrected chi connectivity index (χ0v) is 16.3. The van der Waals surface area contributed by atoms with Crippen LogP contribution >= 0.6 is 0 Å². The molecule has 0 saturated carbocycles. The van der Waals surface area contributed by atoms with Crippen LogP contribution in [0.5, 0.6) is 0 Å². The van der Waals surface area contributed by atoms with E-state index in [1.165, 1.54) is 0 Å². The van der Waals surface area contributed by atoms with Crippen LogP contribution < -0.4 is 10.5 Å². The van der Waals surface area contributed by atoms with Crippen LogP contribution in [0.25, 0.3) is 22.2 Å². The molecule has 27 heavy (non-hydrogen) atoms. The van der Waals surface area contributed by atoms with Crippen LogP contribution in [0.1, 0.15) is 37.8 Å². The summed E-state index contributed by atoms with van der Waals surface area (Å²) in [5, 5.41) is 16.8. The zero-order valence-electron chi connectivity index (χ0n) is 16.3. The summed E-state index contributed by atoms with van der Waals surface area (Å²) < 4.78 is 1.67. The van der Waals surface area contributed by atoms with E-state index in [9.17, 15) is 10.1 Å². The third-order valence-corrected chi connectivity index (χ3v) is 4.85. The number of hydrogen-bond acceptors (Lipinski definition) is 4. The Bertz CT molecular complexity index is 1060. The molecule has 0 spiro atoms. The van der Waals surface area contributed by atoms with Gasteiger partial charge in [0.05, 0.1) is 17.1 Å². The first-order valence-corrected chi connectivity index (χ1v) is 9.36. The Morgan fingerprint density at radius 1 is 1.19 bits per heavy atom. The van der Waals surface area contributed by atoms with E-state index in [-0.39, 0.29) is 5.56 Å². The number of aromatic amines is 1. The van der Waals surface area contributed by atoms with Crippen molar-refractivity contribution >= 4 is 16.9 Å². The summed E-state index contributed by atoms with van der Waals surface area (Å²) in [7, 11) is 1.78. The van der Waals surface area contributed by atoms with Crippen molar-refractivity contribution < 1.29 is 0 Å². The van der Waals surface area contributed by atoms with Crippen LogP contribution in [0.4, 0.5) is 5.82 Å². The van der Waals surface area contributed by atoms with E-state index in [4.69, 9.17) is 0 Å². The van der Waals surface area contributed by atoms with E-state index in [0.717, 1.165) is 53.9 Å². The average molecular weight is 363 g/mol. The number of H-pyrrole nitrogens is 1. The van der Waals surface area contributed by atoms with E-state index in [1.54, 1.807) is 23.7 Å². The maximum atomic E-state index is 13.1. The van der Waals surface area contributed by atoms with Gasteiger partial charge in [-0.2, -0.15) is 10.4 Å². The molecule has 0 aliphatic rings. The van der Waals surface area contributed by atoms with Gasteiger partial charge in [0, 0.05) is 25.7 Å². The number of nitrogens with zero attached hydrogens (tertiary/aromatic N) is 4. The van der Waals surface area contributed by atoms with E-state index in [1.807, 2.05) is 19.1 Å². The highest BCUT2D eigenvalue weighted by Gasteiger charge is 2.19. The highest BCUT2D eigenvalue weighted by Crippen LogP contribution is 2.28. The van der Waals surface area contributed by atoms with Crippen LogP contribution in [-0.4, -0.2) is 27.9 Å². The Hall–Kier alpha value is -3.07. The van der Waals surface area contributed by atoms with Gasteiger partial charge in [0.2, 0.25) is 0 Å². The van der Waals surface area contributed by atoms with Crippen LogP contribution in [0.3, 0.4) is 0 Å². The summed E-state index contributed by atoms with van der Waals surface area (Å²) in [4.78, 5) is 15.4. The molecule has 0 aliphatic heterocycles. The standard InChI is InChI=1S/C21H25N5O/c1-5-9-26(10-6-2)20-19-18(23-24-20)12-17(21(27)25(19)4)16-11-15(13-22)8-7-14(16)3/h7-8,11-12H,5-6,9-10H2,1-4H3,(H,23,24). The van der Waals surface area contributed by atoms with Gasteiger partial charge in [-0.3, -0.25) is 9.89 Å². The van der Waals surface area contributed by atoms with Crippen molar-refractivity contribution in [3.8, 4) is 17.2 Å². The summed E-state index contributed by atoms with van der Waals surface area (Å²) in [6.07, 6.45) is 2.03. The van der Waals surface area contributed by atoms with Gasteiger partial charge in [-0.1, -0.05) is 19.9 Å². The summed E-state index contributed by atoms with van der Waals surface area (Å²) in [6, 6.07) is 9.42. The highest BCUT2D eigenvalue weighted by atomic mass is 16.1. The molecule has 0 amide bonds. The highest BCUT2D eigenvalue weighted by molar-refractivity contribution is 5.90. The number of hydrogen-bond donors (Lipinski definition) is 1. The first-order valence-electron chi connectivity index (χ1n) is 9.36. The van der Waals surface area contributed by atoms with Crippen molar-refractivity contribution in [2.75, 3.05) is 18.0 Å². The predicted octanol–water partition coefficient (Wildman–Crippen LogP) is 3.74. The summed E-state index contributed by atoms with van der Waals surface area (Å²) in [5.74, 6) is 0.822. The molecule has 0 atom stereocenters. The fourth-order valence-electron chi connectivity index (χ4n) is 3.52. The van der Waals surface area contributed by atoms with Crippen molar-refractivity contribution in [3.05, 3.63) is 45.7 Å². The fraction of sp³-hybridized carbons (Fsp3) is 0.381. The lowest BCUT2D eigenvalue weighted by Crippen LogP contribution is -2.27. The summed E-state index contributed by atoms with van der Waals surface area (Å²) in [5.41, 5.74) is 4.42. The zero-order chi connectivity index (χ0) is 19.6. The topological polar surface area (TPSA) is 77.7 Å². The molecule has 0 bridgehead atoms. The van der Waals surface area contributed by atoms with Crippen LogP contribution in [0.15, 0.2) is 29.1 Å². The molecule has 0 unspecified atom stereocenters. The van der Waals surface area contributed by atoms with Gasteiger partial charge in [-0.25, -0.2) is 0 Å². The molecule has 0 radical (unpaired) electrons. The second-order valence-corrected chi connectivity index (χ2v) is 6.86.